The molecule has 0 saturated carbocycles. The molecule has 0 spiro atoms. The number of carboxylic acids is 5. The molecule has 4 atom stereocenters. The monoisotopic (exact) mass is 492 g/mol. The second-order valence-electron chi connectivity index (χ2n) is 6.85. The van der Waals surface area contributed by atoms with E-state index in [0.29, 0.717) is 0 Å². The summed E-state index contributed by atoms with van der Waals surface area (Å²) in [5.74, 6) is -11.6. The zero-order valence-electron chi connectivity index (χ0n) is 17.4. The van der Waals surface area contributed by atoms with Crippen LogP contribution in [0.3, 0.4) is 0 Å². The predicted octanol–water partition coefficient (Wildman–Crippen LogP) is -3.86. The van der Waals surface area contributed by atoms with Gasteiger partial charge >= 0.3 is 29.8 Å². The second-order valence-corrected chi connectivity index (χ2v) is 6.85. The highest BCUT2D eigenvalue weighted by atomic mass is 16.4. The molecule has 0 radical (unpaired) electrons. The van der Waals surface area contributed by atoms with Gasteiger partial charge in [0.05, 0.1) is 25.3 Å². The molecule has 0 fully saturated rings. The van der Waals surface area contributed by atoms with Gasteiger partial charge in [0.15, 0.2) is 0 Å². The topological polar surface area (TPSA) is 300 Å². The molecule has 190 valence electrons. The summed E-state index contributed by atoms with van der Waals surface area (Å²) in [5.41, 5.74) is 5.35. The Hall–Kier alpha value is -4.28. The van der Waals surface area contributed by atoms with E-state index in [-0.39, 0.29) is 0 Å². The second kappa shape index (κ2) is 14.0. The Labute approximate surface area is 190 Å². The van der Waals surface area contributed by atoms with Crippen LogP contribution < -0.4 is 21.7 Å². The van der Waals surface area contributed by atoms with Crippen LogP contribution >= 0.6 is 0 Å². The minimum Gasteiger partial charge on any atom is -0.481 e. The maximum absolute atomic E-state index is 12.5. The Balaban J connectivity index is 5.63. The Morgan fingerprint density at radius 3 is 1.41 bits per heavy atom. The lowest BCUT2D eigenvalue weighted by Crippen LogP contribution is -2.57. The Morgan fingerprint density at radius 1 is 0.559 bits per heavy atom. The number of carbonyl (C=O) groups excluding carboxylic acids is 3. The molecule has 0 unspecified atom stereocenters. The van der Waals surface area contributed by atoms with Crippen LogP contribution in [0.5, 0.6) is 0 Å². The zero-order chi connectivity index (χ0) is 26.6. The van der Waals surface area contributed by atoms with E-state index >= 15 is 0 Å². The van der Waals surface area contributed by atoms with Crippen molar-refractivity contribution in [2.75, 3.05) is 0 Å². The number of hydrogen-bond acceptors (Lipinski definition) is 9. The van der Waals surface area contributed by atoms with E-state index in [2.05, 4.69) is 0 Å². The average Bonchev–Trinajstić information content (AvgIpc) is 2.68. The van der Waals surface area contributed by atoms with E-state index in [1.54, 1.807) is 0 Å². The van der Waals surface area contributed by atoms with Gasteiger partial charge in [0, 0.05) is 6.42 Å². The van der Waals surface area contributed by atoms with Crippen molar-refractivity contribution in [3.05, 3.63) is 0 Å². The Morgan fingerprint density at radius 2 is 0.971 bits per heavy atom. The van der Waals surface area contributed by atoms with Gasteiger partial charge in [-0.15, -0.1) is 0 Å². The first-order chi connectivity index (χ1) is 15.6. The molecule has 0 aliphatic heterocycles. The van der Waals surface area contributed by atoms with Crippen molar-refractivity contribution in [3.63, 3.8) is 0 Å². The molecule has 0 saturated heterocycles. The molecule has 0 aliphatic carbocycles. The summed E-state index contributed by atoms with van der Waals surface area (Å²) in [7, 11) is 0. The van der Waals surface area contributed by atoms with Crippen molar-refractivity contribution in [1.82, 2.24) is 16.0 Å². The highest BCUT2D eigenvalue weighted by Gasteiger charge is 2.32. The van der Waals surface area contributed by atoms with E-state index < -0.39 is 104 Å². The first-order valence-corrected chi connectivity index (χ1v) is 9.40. The summed E-state index contributed by atoms with van der Waals surface area (Å²) >= 11 is 0. The number of rotatable bonds is 16. The van der Waals surface area contributed by atoms with Crippen molar-refractivity contribution >= 4 is 47.6 Å². The molecule has 0 aliphatic rings. The number of nitrogens with two attached hydrogens (primary N) is 1. The molecule has 3 amide bonds. The maximum Gasteiger partial charge on any atom is 0.326 e. The minimum atomic E-state index is -1.93. The summed E-state index contributed by atoms with van der Waals surface area (Å²) in [5, 5.41) is 49.9. The SMILES string of the molecule is N[C@@H](CC(=O)O)C(=O)N[C@@H](CC(=O)O)C(=O)N[C@@H](CCC(=O)O)C(=O)N[C@@H](CC(=O)O)C(=O)O. The van der Waals surface area contributed by atoms with Crippen molar-refractivity contribution in [2.45, 2.75) is 56.3 Å². The Kier molecular flexibility index (Phi) is 12.2. The molecule has 34 heavy (non-hydrogen) atoms. The van der Waals surface area contributed by atoms with E-state index in [9.17, 15) is 38.4 Å². The summed E-state index contributed by atoms with van der Waals surface area (Å²) in [6.45, 7) is 0. The molecule has 0 aromatic rings. The third-order valence-electron chi connectivity index (χ3n) is 4.02. The molecule has 0 aromatic carbocycles. The van der Waals surface area contributed by atoms with Crippen molar-refractivity contribution < 1.29 is 63.9 Å². The number of carboxylic acid groups (broad SMARTS) is 5. The predicted molar refractivity (Wildman–Crippen MR) is 105 cm³/mol. The fourth-order valence-electron chi connectivity index (χ4n) is 2.40. The van der Waals surface area contributed by atoms with Crippen LogP contribution in [0.25, 0.3) is 0 Å². The van der Waals surface area contributed by atoms with Crippen molar-refractivity contribution in [2.24, 2.45) is 5.73 Å². The molecule has 17 nitrogen and oxygen atoms in total. The zero-order valence-corrected chi connectivity index (χ0v) is 17.4. The van der Waals surface area contributed by atoms with Crippen LogP contribution in [0.1, 0.15) is 32.1 Å². The molecular formula is C17H24N4O13. The molecule has 0 aromatic heterocycles. The van der Waals surface area contributed by atoms with Gasteiger partial charge in [0.2, 0.25) is 17.7 Å². The van der Waals surface area contributed by atoms with Gasteiger partial charge in [0.25, 0.3) is 0 Å². The van der Waals surface area contributed by atoms with Gasteiger partial charge in [0.1, 0.15) is 18.1 Å². The molecular weight excluding hydrogens is 468 g/mol. The summed E-state index contributed by atoms with van der Waals surface area (Å²) in [6.07, 6.45) is -4.26. The van der Waals surface area contributed by atoms with E-state index in [1.807, 2.05) is 16.0 Å². The number of amides is 3. The standard InChI is InChI=1S/C17H24N4O13/c18-6(3-11(24)25)14(30)20-8(4-12(26)27)16(32)19-7(1-2-10(22)23)15(31)21-9(17(33)34)5-13(28)29/h6-9H,1-5,18H2,(H,19,32)(H,20,30)(H,21,31)(H,22,23)(H,24,25)(H,26,27)(H,28,29)(H,33,34)/t6-,7-,8-,9-/m0/s1. The molecule has 10 N–H and O–H groups in total. The number of carbonyl (C=O) groups is 8. The fourth-order valence-corrected chi connectivity index (χ4v) is 2.40. The van der Waals surface area contributed by atoms with Crippen LogP contribution in [0.15, 0.2) is 0 Å². The first-order valence-electron chi connectivity index (χ1n) is 9.40. The van der Waals surface area contributed by atoms with Crippen molar-refractivity contribution in [1.29, 1.82) is 0 Å². The van der Waals surface area contributed by atoms with Crippen LogP contribution in [0.2, 0.25) is 0 Å². The molecule has 17 heteroatoms. The lowest BCUT2D eigenvalue weighted by atomic mass is 10.1. The third-order valence-corrected chi connectivity index (χ3v) is 4.02. The van der Waals surface area contributed by atoms with E-state index in [0.717, 1.165) is 0 Å². The van der Waals surface area contributed by atoms with E-state index in [4.69, 9.17) is 31.3 Å². The van der Waals surface area contributed by atoms with Gasteiger partial charge < -0.3 is 47.2 Å². The molecule has 0 bridgehead atoms. The number of nitrogens with one attached hydrogen (secondary N) is 3. The summed E-state index contributed by atoms with van der Waals surface area (Å²) in [4.78, 5) is 91.4. The van der Waals surface area contributed by atoms with Gasteiger partial charge in [-0.25, -0.2) is 4.79 Å². The highest BCUT2D eigenvalue weighted by Crippen LogP contribution is 2.04. The summed E-state index contributed by atoms with van der Waals surface area (Å²) in [6, 6.07) is -7.22. The smallest absolute Gasteiger partial charge is 0.326 e. The maximum atomic E-state index is 12.5. The van der Waals surface area contributed by atoms with Crippen molar-refractivity contribution in [3.8, 4) is 0 Å². The first kappa shape index (κ1) is 29.7. The van der Waals surface area contributed by atoms with Gasteiger partial charge in [-0.1, -0.05) is 0 Å². The third kappa shape index (κ3) is 11.9. The summed E-state index contributed by atoms with van der Waals surface area (Å²) < 4.78 is 0. The van der Waals surface area contributed by atoms with E-state index in [1.165, 1.54) is 0 Å². The lowest BCUT2D eigenvalue weighted by molar-refractivity contribution is -0.147. The van der Waals surface area contributed by atoms with Gasteiger partial charge in [-0.2, -0.15) is 0 Å². The van der Waals surface area contributed by atoms with Gasteiger partial charge in [-0.05, 0) is 6.42 Å². The number of hydrogen-bond donors (Lipinski definition) is 9. The normalized spacial score (nSPS) is 13.9. The largest absolute Gasteiger partial charge is 0.481 e. The highest BCUT2D eigenvalue weighted by molar-refractivity contribution is 5.96. The number of aliphatic carboxylic acids is 5. The minimum absolute atomic E-state index is 0.613. The molecule has 0 rings (SSSR count). The van der Waals surface area contributed by atoms with Crippen LogP contribution in [-0.4, -0.2) is 97.3 Å². The van der Waals surface area contributed by atoms with Crippen LogP contribution in [0, 0.1) is 0 Å². The average molecular weight is 492 g/mol. The lowest BCUT2D eigenvalue weighted by Gasteiger charge is -2.24. The van der Waals surface area contributed by atoms with Crippen LogP contribution in [0.4, 0.5) is 0 Å². The quantitative estimate of drug-likeness (QED) is 0.0996. The molecule has 0 heterocycles. The van der Waals surface area contributed by atoms with Crippen LogP contribution in [-0.2, 0) is 38.4 Å². The van der Waals surface area contributed by atoms with Gasteiger partial charge in [-0.3, -0.25) is 33.6 Å². The fraction of sp³-hybridized carbons (Fsp3) is 0.529. The Bertz CT molecular complexity index is 843.